The second-order valence-electron chi connectivity index (χ2n) is 12.3. The van der Waals surface area contributed by atoms with Crippen molar-refractivity contribution in [3.05, 3.63) is 107 Å². The molecule has 3 heterocycles. The van der Waals surface area contributed by atoms with Crippen molar-refractivity contribution in [3.63, 3.8) is 0 Å². The van der Waals surface area contributed by atoms with Crippen molar-refractivity contribution in [1.29, 1.82) is 0 Å². The molecule has 0 fully saturated rings. The highest BCUT2D eigenvalue weighted by Gasteiger charge is 2.30. The minimum absolute atomic E-state index is 0.0387. The van der Waals surface area contributed by atoms with E-state index in [1.807, 2.05) is 67.6 Å². The molecule has 0 radical (unpaired) electrons. The zero-order chi connectivity index (χ0) is 35.6. The quantitative estimate of drug-likeness (QED) is 0.228. The molecule has 0 saturated heterocycles. The van der Waals surface area contributed by atoms with Gasteiger partial charge in [0.2, 0.25) is 17.7 Å². The smallest absolute Gasteiger partial charge is 0.274 e. The van der Waals surface area contributed by atoms with E-state index in [0.29, 0.717) is 17.8 Å². The van der Waals surface area contributed by atoms with Crippen molar-refractivity contribution in [2.75, 3.05) is 13.1 Å². The van der Waals surface area contributed by atoms with Gasteiger partial charge in [0.05, 0.1) is 17.8 Å². The first-order chi connectivity index (χ1) is 24.1. The molecule has 4 N–H and O–H groups in total. The average Bonchev–Trinajstić information content (AvgIpc) is 3.73. The van der Waals surface area contributed by atoms with Crippen molar-refractivity contribution < 1.29 is 28.5 Å². The molecule has 14 nitrogen and oxygen atoms in total. The van der Waals surface area contributed by atoms with Crippen LogP contribution in [0.25, 0.3) is 0 Å². The first-order valence-corrected chi connectivity index (χ1v) is 16.7. The van der Waals surface area contributed by atoms with Crippen molar-refractivity contribution in [2.45, 2.75) is 71.2 Å². The van der Waals surface area contributed by atoms with Crippen molar-refractivity contribution in [1.82, 2.24) is 41.1 Å². The van der Waals surface area contributed by atoms with Gasteiger partial charge in [0, 0.05) is 44.7 Å². The van der Waals surface area contributed by atoms with E-state index in [1.165, 1.54) is 17.9 Å². The summed E-state index contributed by atoms with van der Waals surface area (Å²) in [5.41, 5.74) is 2.45. The van der Waals surface area contributed by atoms with Crippen LogP contribution in [-0.2, 0) is 40.3 Å². The summed E-state index contributed by atoms with van der Waals surface area (Å²) in [7, 11) is 0. The highest BCUT2D eigenvalue weighted by Crippen LogP contribution is 2.15. The standard InChI is InChI=1S/C36H42N8O6/c1-4-16-44-22-28(23(2)41-44)36(49)43-17-15-37-33(46)29(18-25-11-7-5-8-12-25)40-34(47)30(19-26-13-9-6-10-14-26)39-32(45)24(3)38-35(48)31-20-27(21-43)50-42-31/h5-14,20,22,24,29-30H,4,15-19,21H2,1-3H3,(H,37,46)(H,38,48)(H,39,45)(H,40,47)/t24-,29+,30-/m0/s1. The van der Waals surface area contributed by atoms with Gasteiger partial charge in [-0.15, -0.1) is 0 Å². The van der Waals surface area contributed by atoms with Gasteiger partial charge in [0.25, 0.3) is 11.8 Å². The van der Waals surface area contributed by atoms with Gasteiger partial charge in [0.1, 0.15) is 18.1 Å². The lowest BCUT2D eigenvalue weighted by Gasteiger charge is -2.25. The fraction of sp³-hybridized carbons (Fsp3) is 0.361. The van der Waals surface area contributed by atoms with Gasteiger partial charge in [-0.25, -0.2) is 0 Å². The monoisotopic (exact) mass is 682 g/mol. The molecule has 2 bridgehead atoms. The summed E-state index contributed by atoms with van der Waals surface area (Å²) in [4.78, 5) is 69.4. The lowest BCUT2D eigenvalue weighted by atomic mass is 10.0. The third kappa shape index (κ3) is 9.21. The molecule has 1 aliphatic rings. The first kappa shape index (κ1) is 35.5. The van der Waals surface area contributed by atoms with E-state index in [4.69, 9.17) is 4.52 Å². The summed E-state index contributed by atoms with van der Waals surface area (Å²) in [6, 6.07) is 16.6. The third-order valence-corrected chi connectivity index (χ3v) is 8.31. The topological polar surface area (TPSA) is 181 Å². The maximum Gasteiger partial charge on any atom is 0.274 e. The third-order valence-electron chi connectivity index (χ3n) is 8.31. The number of rotatable bonds is 7. The number of aryl methyl sites for hydroxylation is 2. The van der Waals surface area contributed by atoms with Gasteiger partial charge >= 0.3 is 0 Å². The van der Waals surface area contributed by atoms with Gasteiger partial charge < -0.3 is 30.7 Å². The molecule has 262 valence electrons. The van der Waals surface area contributed by atoms with Crippen molar-refractivity contribution in [3.8, 4) is 0 Å². The average molecular weight is 683 g/mol. The Bertz CT molecular complexity index is 1810. The van der Waals surface area contributed by atoms with Gasteiger partial charge in [0.15, 0.2) is 11.5 Å². The van der Waals surface area contributed by atoms with Crippen LogP contribution in [-0.4, -0.2) is 80.6 Å². The van der Waals surface area contributed by atoms with E-state index in [9.17, 15) is 24.0 Å². The molecule has 3 atom stereocenters. The minimum Gasteiger partial charge on any atom is -0.359 e. The number of nitrogens with one attached hydrogen (secondary N) is 4. The van der Waals surface area contributed by atoms with Gasteiger partial charge in [-0.1, -0.05) is 72.7 Å². The Kier molecular flexibility index (Phi) is 11.8. The molecule has 0 unspecified atom stereocenters. The normalized spacial score (nSPS) is 19.4. The summed E-state index contributed by atoms with van der Waals surface area (Å²) in [5, 5.41) is 19.4. The molecule has 5 amide bonds. The molecule has 5 rings (SSSR count). The molecule has 2 aromatic heterocycles. The Morgan fingerprint density at radius 3 is 2.14 bits per heavy atom. The maximum atomic E-state index is 13.9. The Morgan fingerprint density at radius 2 is 1.50 bits per heavy atom. The SMILES string of the molecule is CCCn1cc(C(=O)N2CCNC(=O)[C@@H](Cc3ccccc3)NC(=O)[C@H](Cc3ccccc3)NC(=O)[C@H](C)NC(=O)c3cc(on3)C2)c(C)n1. The van der Waals surface area contributed by atoms with Crippen LogP contribution >= 0.6 is 0 Å². The summed E-state index contributed by atoms with van der Waals surface area (Å²) >= 11 is 0. The predicted octanol–water partition coefficient (Wildman–Crippen LogP) is 1.94. The number of nitrogens with zero attached hydrogens (tertiary/aromatic N) is 4. The highest BCUT2D eigenvalue weighted by molar-refractivity contribution is 5.98. The van der Waals surface area contributed by atoms with Crippen LogP contribution in [0.4, 0.5) is 0 Å². The number of hydrogen-bond donors (Lipinski definition) is 4. The Morgan fingerprint density at radius 1 is 0.880 bits per heavy atom. The van der Waals surface area contributed by atoms with E-state index < -0.39 is 41.8 Å². The van der Waals surface area contributed by atoms with E-state index in [1.54, 1.807) is 17.8 Å². The molecule has 0 aliphatic carbocycles. The lowest BCUT2D eigenvalue weighted by molar-refractivity contribution is -0.132. The van der Waals surface area contributed by atoms with E-state index in [-0.39, 0.29) is 49.8 Å². The predicted molar refractivity (Wildman–Crippen MR) is 183 cm³/mol. The molecule has 0 spiro atoms. The van der Waals surface area contributed by atoms with Crippen LogP contribution in [0, 0.1) is 6.92 Å². The summed E-state index contributed by atoms with van der Waals surface area (Å²) in [6.45, 7) is 5.93. The second kappa shape index (κ2) is 16.5. The van der Waals surface area contributed by atoms with Crippen molar-refractivity contribution >= 4 is 29.5 Å². The zero-order valence-electron chi connectivity index (χ0n) is 28.3. The minimum atomic E-state index is -1.07. The molecule has 4 aromatic rings. The van der Waals surface area contributed by atoms with Crippen LogP contribution in [0.1, 0.15) is 63.7 Å². The van der Waals surface area contributed by atoms with Crippen molar-refractivity contribution in [2.24, 2.45) is 0 Å². The van der Waals surface area contributed by atoms with Gasteiger partial charge in [-0.05, 0) is 31.4 Å². The Hall–Kier alpha value is -5.79. The number of aromatic nitrogens is 3. The van der Waals surface area contributed by atoms with Gasteiger partial charge in [-0.3, -0.25) is 28.7 Å². The number of amides is 5. The van der Waals surface area contributed by atoms with Gasteiger partial charge in [-0.2, -0.15) is 5.10 Å². The Balaban J connectivity index is 1.46. The Labute approximate surface area is 290 Å². The highest BCUT2D eigenvalue weighted by atomic mass is 16.5. The molecule has 0 saturated carbocycles. The van der Waals surface area contributed by atoms with Crippen LogP contribution in [0.2, 0.25) is 0 Å². The molecular weight excluding hydrogens is 640 g/mol. The number of benzene rings is 2. The van der Waals surface area contributed by atoms with E-state index >= 15 is 0 Å². The number of carbonyl (C=O) groups is 5. The number of hydrogen-bond acceptors (Lipinski definition) is 8. The lowest BCUT2D eigenvalue weighted by Crippen LogP contribution is -2.57. The fourth-order valence-corrected chi connectivity index (χ4v) is 5.64. The molecule has 1 aliphatic heterocycles. The second-order valence-corrected chi connectivity index (χ2v) is 12.3. The molecule has 2 aromatic carbocycles. The van der Waals surface area contributed by atoms with Crippen LogP contribution in [0.3, 0.4) is 0 Å². The van der Waals surface area contributed by atoms with E-state index in [2.05, 4.69) is 31.5 Å². The molecule has 14 heteroatoms. The fourth-order valence-electron chi connectivity index (χ4n) is 5.64. The summed E-state index contributed by atoms with van der Waals surface area (Å²) < 4.78 is 7.15. The number of carbonyl (C=O) groups excluding carboxylic acids is 5. The summed E-state index contributed by atoms with van der Waals surface area (Å²) in [5.74, 6) is -2.44. The van der Waals surface area contributed by atoms with Crippen LogP contribution in [0.15, 0.2) is 77.4 Å². The molecular formula is C36H42N8O6. The molecule has 50 heavy (non-hydrogen) atoms. The zero-order valence-corrected chi connectivity index (χ0v) is 28.3. The summed E-state index contributed by atoms with van der Waals surface area (Å²) in [6.07, 6.45) is 2.84. The first-order valence-electron chi connectivity index (χ1n) is 16.7. The maximum absolute atomic E-state index is 13.9. The number of fused-ring (bicyclic) bond motifs is 2. The van der Waals surface area contributed by atoms with E-state index in [0.717, 1.165) is 17.5 Å². The largest absolute Gasteiger partial charge is 0.359 e. The van der Waals surface area contributed by atoms with Crippen LogP contribution < -0.4 is 21.3 Å². The van der Waals surface area contributed by atoms with Crippen LogP contribution in [0.5, 0.6) is 0 Å².